The van der Waals surface area contributed by atoms with Crippen molar-refractivity contribution in [2.24, 2.45) is 0 Å². The Hall–Kier alpha value is -2.20. The maximum absolute atomic E-state index is 5.82. The molecular weight excluding hydrogens is 220 g/mol. The van der Waals surface area contributed by atoms with E-state index in [-0.39, 0.29) is 5.41 Å². The summed E-state index contributed by atoms with van der Waals surface area (Å²) < 4.78 is 5.82. The zero-order valence-corrected chi connectivity index (χ0v) is 10.1. The Morgan fingerprint density at radius 3 is 2.33 bits per heavy atom. The number of terminal acetylenes is 1. The van der Waals surface area contributed by atoms with Crippen LogP contribution in [-0.4, -0.2) is 0 Å². The molecule has 0 radical (unpaired) electrons. The second-order valence-electron chi connectivity index (χ2n) is 4.67. The average molecular weight is 234 g/mol. The lowest BCUT2D eigenvalue weighted by molar-refractivity contribution is 0.481. The van der Waals surface area contributed by atoms with Crippen molar-refractivity contribution in [2.45, 2.75) is 18.3 Å². The zero-order valence-electron chi connectivity index (χ0n) is 10.1. The van der Waals surface area contributed by atoms with E-state index in [1.807, 2.05) is 42.5 Å². The van der Waals surface area contributed by atoms with Gasteiger partial charge >= 0.3 is 0 Å². The van der Waals surface area contributed by atoms with Gasteiger partial charge in [-0.3, -0.25) is 0 Å². The largest absolute Gasteiger partial charge is 0.457 e. The Morgan fingerprint density at radius 1 is 0.944 bits per heavy atom. The van der Waals surface area contributed by atoms with Crippen LogP contribution in [0.25, 0.3) is 0 Å². The molecule has 1 fully saturated rings. The molecular formula is C17H14O. The summed E-state index contributed by atoms with van der Waals surface area (Å²) in [4.78, 5) is 0. The summed E-state index contributed by atoms with van der Waals surface area (Å²) in [6.45, 7) is 0. The maximum atomic E-state index is 5.82. The molecule has 0 heterocycles. The summed E-state index contributed by atoms with van der Waals surface area (Å²) in [6.07, 6.45) is 7.78. The Bertz CT molecular complexity index is 589. The molecule has 1 aliphatic rings. The lowest BCUT2D eigenvalue weighted by Gasteiger charge is -2.11. The van der Waals surface area contributed by atoms with E-state index in [1.54, 1.807) is 0 Å². The first-order valence-electron chi connectivity index (χ1n) is 6.14. The Kier molecular flexibility index (Phi) is 2.57. The molecule has 0 atom stereocenters. The summed E-state index contributed by atoms with van der Waals surface area (Å²) >= 11 is 0. The van der Waals surface area contributed by atoms with Crippen LogP contribution in [0.1, 0.15) is 18.4 Å². The molecule has 1 saturated carbocycles. The van der Waals surface area contributed by atoms with Crippen molar-refractivity contribution in [1.29, 1.82) is 0 Å². The van der Waals surface area contributed by atoms with Gasteiger partial charge in [-0.05, 0) is 42.7 Å². The number of hydrogen-bond acceptors (Lipinski definition) is 1. The van der Waals surface area contributed by atoms with E-state index in [4.69, 9.17) is 11.2 Å². The molecule has 2 aromatic rings. The maximum Gasteiger partial charge on any atom is 0.127 e. The second-order valence-corrected chi connectivity index (χ2v) is 4.67. The van der Waals surface area contributed by atoms with Gasteiger partial charge in [0, 0.05) is 0 Å². The lowest BCUT2D eigenvalue weighted by atomic mass is 9.97. The molecule has 0 unspecified atom stereocenters. The van der Waals surface area contributed by atoms with Gasteiger partial charge in [0.2, 0.25) is 0 Å². The Labute approximate surface area is 107 Å². The minimum atomic E-state index is -0.0317. The number of benzene rings is 2. The van der Waals surface area contributed by atoms with Crippen LogP contribution >= 0.6 is 0 Å². The monoisotopic (exact) mass is 234 g/mol. The highest BCUT2D eigenvalue weighted by Crippen LogP contribution is 2.48. The van der Waals surface area contributed by atoms with Gasteiger partial charge < -0.3 is 4.74 Å². The summed E-state index contributed by atoms with van der Waals surface area (Å²) in [5.41, 5.74) is 1.16. The first-order valence-corrected chi connectivity index (χ1v) is 6.14. The third-order valence-corrected chi connectivity index (χ3v) is 3.39. The fourth-order valence-corrected chi connectivity index (χ4v) is 2.12. The minimum absolute atomic E-state index is 0.0317. The standard InChI is InChI=1S/C17H14O/c1-2-17(11-12-17)14-7-6-10-16(13-14)18-15-8-4-3-5-9-15/h1,3-10,13H,11-12H2. The topological polar surface area (TPSA) is 9.23 Å². The van der Waals surface area contributed by atoms with Crippen molar-refractivity contribution >= 4 is 0 Å². The predicted molar refractivity (Wildman–Crippen MR) is 72.7 cm³/mol. The number of hydrogen-bond donors (Lipinski definition) is 0. The molecule has 0 spiro atoms. The number of ether oxygens (including phenoxy) is 1. The Balaban J connectivity index is 1.86. The van der Waals surface area contributed by atoms with Gasteiger partial charge in [0.15, 0.2) is 0 Å². The molecule has 1 aliphatic carbocycles. The van der Waals surface area contributed by atoms with Gasteiger partial charge in [-0.2, -0.15) is 0 Å². The summed E-state index contributed by atoms with van der Waals surface area (Å²) in [6, 6.07) is 17.9. The van der Waals surface area contributed by atoms with Crippen LogP contribution in [0.15, 0.2) is 54.6 Å². The molecule has 0 bridgehead atoms. The van der Waals surface area contributed by atoms with E-state index in [1.165, 1.54) is 5.56 Å². The molecule has 2 aromatic carbocycles. The van der Waals surface area contributed by atoms with Crippen molar-refractivity contribution in [2.75, 3.05) is 0 Å². The fourth-order valence-electron chi connectivity index (χ4n) is 2.12. The van der Waals surface area contributed by atoms with E-state index in [0.29, 0.717) is 0 Å². The molecule has 0 aliphatic heterocycles. The fraction of sp³-hybridized carbons (Fsp3) is 0.176. The minimum Gasteiger partial charge on any atom is -0.457 e. The van der Waals surface area contributed by atoms with Gasteiger partial charge in [0.1, 0.15) is 11.5 Å². The van der Waals surface area contributed by atoms with Gasteiger partial charge in [-0.15, -0.1) is 6.42 Å². The molecule has 0 saturated heterocycles. The lowest BCUT2D eigenvalue weighted by Crippen LogP contribution is -2.02. The van der Waals surface area contributed by atoms with Crippen molar-refractivity contribution < 1.29 is 4.74 Å². The van der Waals surface area contributed by atoms with E-state index < -0.39 is 0 Å². The van der Waals surface area contributed by atoms with E-state index in [0.717, 1.165) is 24.3 Å². The molecule has 3 rings (SSSR count). The van der Waals surface area contributed by atoms with Crippen LogP contribution in [0.4, 0.5) is 0 Å². The SMILES string of the molecule is C#CC1(c2cccc(Oc3ccccc3)c2)CC1. The van der Waals surface area contributed by atoms with Gasteiger partial charge in [-0.1, -0.05) is 36.3 Å². The van der Waals surface area contributed by atoms with Crippen LogP contribution in [0.5, 0.6) is 11.5 Å². The number of rotatable bonds is 3. The van der Waals surface area contributed by atoms with E-state index in [9.17, 15) is 0 Å². The van der Waals surface area contributed by atoms with Gasteiger partial charge in [0.25, 0.3) is 0 Å². The highest BCUT2D eigenvalue weighted by Gasteiger charge is 2.42. The molecule has 1 heteroatoms. The van der Waals surface area contributed by atoms with Gasteiger partial charge in [0.05, 0.1) is 5.41 Å². The van der Waals surface area contributed by atoms with Crippen LogP contribution in [0, 0.1) is 12.3 Å². The summed E-state index contributed by atoms with van der Waals surface area (Å²) in [5.74, 6) is 4.60. The van der Waals surface area contributed by atoms with E-state index in [2.05, 4.69) is 18.1 Å². The van der Waals surface area contributed by atoms with Crippen LogP contribution in [0.2, 0.25) is 0 Å². The normalized spacial score (nSPS) is 15.7. The molecule has 1 nitrogen and oxygen atoms in total. The summed E-state index contributed by atoms with van der Waals surface area (Å²) in [5, 5.41) is 0. The second kappa shape index (κ2) is 4.23. The number of para-hydroxylation sites is 1. The van der Waals surface area contributed by atoms with Gasteiger partial charge in [-0.25, -0.2) is 0 Å². The zero-order chi connectivity index (χ0) is 12.4. The van der Waals surface area contributed by atoms with Crippen molar-refractivity contribution in [3.8, 4) is 23.8 Å². The molecule has 0 amide bonds. The third kappa shape index (κ3) is 1.98. The first kappa shape index (κ1) is 10.9. The highest BCUT2D eigenvalue weighted by atomic mass is 16.5. The van der Waals surface area contributed by atoms with Crippen molar-refractivity contribution in [1.82, 2.24) is 0 Å². The molecule has 0 aromatic heterocycles. The molecule has 18 heavy (non-hydrogen) atoms. The predicted octanol–water partition coefficient (Wildman–Crippen LogP) is 4.14. The van der Waals surface area contributed by atoms with Crippen molar-refractivity contribution in [3.05, 3.63) is 60.2 Å². The van der Waals surface area contributed by atoms with Crippen LogP contribution < -0.4 is 4.74 Å². The molecule has 0 N–H and O–H groups in total. The first-order chi connectivity index (χ1) is 8.82. The summed E-state index contributed by atoms with van der Waals surface area (Å²) in [7, 11) is 0. The van der Waals surface area contributed by atoms with Crippen LogP contribution in [-0.2, 0) is 5.41 Å². The Morgan fingerprint density at radius 2 is 1.67 bits per heavy atom. The smallest absolute Gasteiger partial charge is 0.127 e. The van der Waals surface area contributed by atoms with Crippen LogP contribution in [0.3, 0.4) is 0 Å². The highest BCUT2D eigenvalue weighted by molar-refractivity contribution is 5.45. The van der Waals surface area contributed by atoms with E-state index >= 15 is 0 Å². The average Bonchev–Trinajstić information content (AvgIpc) is 3.21. The molecule has 88 valence electrons. The quantitative estimate of drug-likeness (QED) is 0.725. The van der Waals surface area contributed by atoms with Crippen molar-refractivity contribution in [3.63, 3.8) is 0 Å². The third-order valence-electron chi connectivity index (χ3n) is 3.39.